The number of amides is 2. The summed E-state index contributed by atoms with van der Waals surface area (Å²) in [6, 6.07) is -0.0949. The van der Waals surface area contributed by atoms with Gasteiger partial charge in [-0.2, -0.15) is 0 Å². The van der Waals surface area contributed by atoms with E-state index in [-0.39, 0.29) is 12.1 Å². The number of nitrogens with zero attached hydrogens (tertiary/aromatic N) is 1. The monoisotopic (exact) mass is 239 g/mol. The number of nitrogens with one attached hydrogen (secondary N) is 2. The van der Waals surface area contributed by atoms with Crippen LogP contribution in [0.15, 0.2) is 10.6 Å². The van der Waals surface area contributed by atoms with Crippen LogP contribution in [0.3, 0.4) is 0 Å². The summed E-state index contributed by atoms with van der Waals surface area (Å²) in [5.41, 5.74) is 0. The number of hydrogen-bond donors (Lipinski definition) is 2. The molecule has 2 rings (SSSR count). The third-order valence-electron chi connectivity index (χ3n) is 2.61. The minimum Gasteiger partial charge on any atom is -0.444 e. The van der Waals surface area contributed by atoms with Crippen molar-refractivity contribution in [3.8, 4) is 0 Å². The molecule has 0 spiro atoms. The first-order valence-electron chi connectivity index (χ1n) is 5.83. The summed E-state index contributed by atoms with van der Waals surface area (Å²) in [5.74, 6) is 1.35. The molecule has 0 bridgehead atoms. The Morgan fingerprint density at radius 2 is 2.53 bits per heavy atom. The maximum atomic E-state index is 11.5. The molecule has 0 radical (unpaired) electrons. The molecule has 1 aromatic rings. The zero-order valence-corrected chi connectivity index (χ0v) is 9.86. The number of oxazole rings is 1. The summed E-state index contributed by atoms with van der Waals surface area (Å²) in [7, 11) is 0. The van der Waals surface area contributed by atoms with Crippen molar-refractivity contribution < 1.29 is 13.9 Å². The van der Waals surface area contributed by atoms with Crippen molar-refractivity contribution in [2.24, 2.45) is 0 Å². The standard InChI is InChI=1S/C11H17N3O3/c1-2-9-5-12-10(17-9)6-13-11(15)14-8-3-4-16-7-8/h5,8H,2-4,6-7H2,1H3,(H2,13,14,15). The predicted molar refractivity (Wildman–Crippen MR) is 60.5 cm³/mol. The maximum Gasteiger partial charge on any atom is 0.315 e. The van der Waals surface area contributed by atoms with E-state index < -0.39 is 0 Å². The van der Waals surface area contributed by atoms with Crippen LogP contribution in [0.5, 0.6) is 0 Å². The van der Waals surface area contributed by atoms with E-state index in [1.165, 1.54) is 0 Å². The Labute approximate surface area is 99.7 Å². The van der Waals surface area contributed by atoms with Gasteiger partial charge >= 0.3 is 6.03 Å². The molecule has 1 aliphatic heterocycles. The minimum absolute atomic E-state index is 0.116. The van der Waals surface area contributed by atoms with Crippen LogP contribution in [-0.2, 0) is 17.7 Å². The van der Waals surface area contributed by atoms with Crippen molar-refractivity contribution >= 4 is 6.03 Å². The van der Waals surface area contributed by atoms with Crippen molar-refractivity contribution in [2.45, 2.75) is 32.4 Å². The van der Waals surface area contributed by atoms with E-state index in [0.717, 1.165) is 18.6 Å². The Bertz CT molecular complexity index is 372. The molecule has 1 fully saturated rings. The Morgan fingerprint density at radius 3 is 3.18 bits per heavy atom. The molecular weight excluding hydrogens is 222 g/mol. The van der Waals surface area contributed by atoms with E-state index in [9.17, 15) is 4.79 Å². The van der Waals surface area contributed by atoms with Gasteiger partial charge in [-0.1, -0.05) is 6.92 Å². The highest BCUT2D eigenvalue weighted by Gasteiger charge is 2.17. The van der Waals surface area contributed by atoms with Gasteiger partial charge in [-0.05, 0) is 6.42 Å². The largest absolute Gasteiger partial charge is 0.444 e. The second kappa shape index (κ2) is 5.67. The normalized spacial score (nSPS) is 19.2. The fraction of sp³-hybridized carbons (Fsp3) is 0.636. The number of aryl methyl sites for hydroxylation is 1. The third kappa shape index (κ3) is 3.45. The Morgan fingerprint density at radius 1 is 1.65 bits per heavy atom. The molecule has 0 aliphatic carbocycles. The lowest BCUT2D eigenvalue weighted by Crippen LogP contribution is -2.42. The Kier molecular flexibility index (Phi) is 3.98. The molecule has 0 aromatic carbocycles. The van der Waals surface area contributed by atoms with Crippen LogP contribution >= 0.6 is 0 Å². The van der Waals surface area contributed by atoms with E-state index in [1.807, 2.05) is 6.92 Å². The van der Waals surface area contributed by atoms with Gasteiger partial charge in [0.05, 0.1) is 25.4 Å². The molecule has 1 saturated heterocycles. The van der Waals surface area contributed by atoms with Gasteiger partial charge in [-0.25, -0.2) is 9.78 Å². The molecule has 0 saturated carbocycles. The van der Waals surface area contributed by atoms with E-state index >= 15 is 0 Å². The van der Waals surface area contributed by atoms with Gasteiger partial charge in [0, 0.05) is 13.0 Å². The molecule has 6 nitrogen and oxygen atoms in total. The topological polar surface area (TPSA) is 76.4 Å². The van der Waals surface area contributed by atoms with Gasteiger partial charge in [-0.15, -0.1) is 0 Å². The summed E-state index contributed by atoms with van der Waals surface area (Å²) in [5, 5.41) is 5.53. The van der Waals surface area contributed by atoms with Gasteiger partial charge in [-0.3, -0.25) is 0 Å². The number of urea groups is 1. The number of aromatic nitrogens is 1. The number of ether oxygens (including phenoxy) is 1. The molecule has 6 heteroatoms. The van der Waals surface area contributed by atoms with Gasteiger partial charge in [0.15, 0.2) is 0 Å². The van der Waals surface area contributed by atoms with E-state index in [0.29, 0.717) is 25.6 Å². The van der Waals surface area contributed by atoms with Crippen LogP contribution in [0, 0.1) is 0 Å². The lowest BCUT2D eigenvalue weighted by molar-refractivity contribution is 0.188. The van der Waals surface area contributed by atoms with E-state index in [2.05, 4.69) is 15.6 Å². The molecular formula is C11H17N3O3. The van der Waals surface area contributed by atoms with Crippen molar-refractivity contribution in [1.29, 1.82) is 0 Å². The van der Waals surface area contributed by atoms with Crippen LogP contribution in [0.1, 0.15) is 25.0 Å². The average molecular weight is 239 g/mol. The van der Waals surface area contributed by atoms with Gasteiger partial charge in [0.25, 0.3) is 0 Å². The molecule has 1 aliphatic rings. The van der Waals surface area contributed by atoms with Crippen LogP contribution in [0.2, 0.25) is 0 Å². The van der Waals surface area contributed by atoms with Crippen molar-refractivity contribution in [3.63, 3.8) is 0 Å². The molecule has 2 amide bonds. The summed E-state index contributed by atoms with van der Waals surface area (Å²) < 4.78 is 10.5. The third-order valence-corrected chi connectivity index (χ3v) is 2.61. The predicted octanol–water partition coefficient (Wildman–Crippen LogP) is 0.825. The lowest BCUT2D eigenvalue weighted by Gasteiger charge is -2.10. The molecule has 1 aromatic heterocycles. The van der Waals surface area contributed by atoms with Crippen molar-refractivity contribution in [2.75, 3.05) is 13.2 Å². The lowest BCUT2D eigenvalue weighted by atomic mass is 10.3. The first kappa shape index (κ1) is 11.9. The fourth-order valence-corrected chi connectivity index (χ4v) is 1.63. The summed E-state index contributed by atoms with van der Waals surface area (Å²) in [6.45, 7) is 3.60. The van der Waals surface area contributed by atoms with Gasteiger partial charge in [0.2, 0.25) is 5.89 Å². The first-order valence-corrected chi connectivity index (χ1v) is 5.83. The van der Waals surface area contributed by atoms with Crippen LogP contribution in [0.25, 0.3) is 0 Å². The summed E-state index contributed by atoms with van der Waals surface area (Å²) >= 11 is 0. The highest BCUT2D eigenvalue weighted by atomic mass is 16.5. The quantitative estimate of drug-likeness (QED) is 0.815. The summed E-state index contributed by atoms with van der Waals surface area (Å²) in [6.07, 6.45) is 3.35. The molecule has 1 atom stereocenters. The summed E-state index contributed by atoms with van der Waals surface area (Å²) in [4.78, 5) is 15.6. The van der Waals surface area contributed by atoms with Crippen LogP contribution in [0.4, 0.5) is 4.79 Å². The SMILES string of the molecule is CCc1cnc(CNC(=O)NC2CCOC2)o1. The second-order valence-electron chi connectivity index (χ2n) is 3.96. The highest BCUT2D eigenvalue weighted by molar-refractivity contribution is 5.74. The maximum absolute atomic E-state index is 11.5. The average Bonchev–Trinajstić information content (AvgIpc) is 2.96. The van der Waals surface area contributed by atoms with Crippen molar-refractivity contribution in [1.82, 2.24) is 15.6 Å². The molecule has 1 unspecified atom stereocenters. The number of carbonyl (C=O) groups excluding carboxylic acids is 1. The van der Waals surface area contributed by atoms with E-state index in [4.69, 9.17) is 9.15 Å². The Hall–Kier alpha value is -1.56. The zero-order chi connectivity index (χ0) is 12.1. The molecule has 2 N–H and O–H groups in total. The number of carbonyl (C=O) groups is 1. The second-order valence-corrected chi connectivity index (χ2v) is 3.96. The molecule has 94 valence electrons. The molecule has 2 heterocycles. The number of hydrogen-bond acceptors (Lipinski definition) is 4. The smallest absolute Gasteiger partial charge is 0.315 e. The van der Waals surface area contributed by atoms with Crippen molar-refractivity contribution in [3.05, 3.63) is 17.8 Å². The van der Waals surface area contributed by atoms with Gasteiger partial charge < -0.3 is 19.8 Å². The van der Waals surface area contributed by atoms with Crippen LogP contribution < -0.4 is 10.6 Å². The minimum atomic E-state index is -0.211. The number of rotatable bonds is 4. The zero-order valence-electron chi connectivity index (χ0n) is 9.86. The Balaban J connectivity index is 1.71. The molecule has 17 heavy (non-hydrogen) atoms. The first-order chi connectivity index (χ1) is 8.28. The van der Waals surface area contributed by atoms with Gasteiger partial charge in [0.1, 0.15) is 5.76 Å². The van der Waals surface area contributed by atoms with E-state index in [1.54, 1.807) is 6.20 Å². The fourth-order valence-electron chi connectivity index (χ4n) is 1.63. The highest BCUT2D eigenvalue weighted by Crippen LogP contribution is 2.04. The van der Waals surface area contributed by atoms with Crippen LogP contribution in [-0.4, -0.2) is 30.3 Å².